The van der Waals surface area contributed by atoms with Crippen LogP contribution in [-0.2, 0) is 17.8 Å². The van der Waals surface area contributed by atoms with Crippen molar-refractivity contribution in [2.45, 2.75) is 26.8 Å². The molecule has 0 radical (unpaired) electrons. The molecule has 5 heteroatoms. The summed E-state index contributed by atoms with van der Waals surface area (Å²) in [6, 6.07) is 14.2. The second kappa shape index (κ2) is 7.83. The Kier molecular flexibility index (Phi) is 5.33. The molecule has 130 valence electrons. The average molecular weight is 337 g/mol. The van der Waals surface area contributed by atoms with E-state index in [2.05, 4.69) is 35.9 Å². The van der Waals surface area contributed by atoms with Crippen molar-refractivity contribution >= 4 is 17.4 Å². The van der Waals surface area contributed by atoms with Crippen LogP contribution in [0.25, 0.3) is 11.0 Å². The van der Waals surface area contributed by atoms with E-state index in [1.165, 1.54) is 11.1 Å². The van der Waals surface area contributed by atoms with E-state index in [-0.39, 0.29) is 0 Å². The molecular weight excluding hydrogens is 314 g/mol. The minimum Gasteiger partial charge on any atom is -0.491 e. The standard InChI is InChI=1S/C20H23N3O2/c1-15-6-5-9-19(16(15)2)25-13-12-23-18-8-4-3-7-17(18)22-20(23)10-11-21-14-24/h3-9,14H,10-13H2,1-2H3,(H,21,24). The number of para-hydroxylation sites is 2. The highest BCUT2D eigenvalue weighted by Gasteiger charge is 2.10. The number of carbonyl (C=O) groups is 1. The van der Waals surface area contributed by atoms with Gasteiger partial charge in [0.25, 0.3) is 0 Å². The van der Waals surface area contributed by atoms with Crippen LogP contribution in [0, 0.1) is 13.8 Å². The van der Waals surface area contributed by atoms with Crippen LogP contribution in [0.5, 0.6) is 5.75 Å². The molecule has 1 amide bonds. The summed E-state index contributed by atoms with van der Waals surface area (Å²) in [5.41, 5.74) is 4.46. The summed E-state index contributed by atoms with van der Waals surface area (Å²) in [5, 5.41) is 2.70. The highest BCUT2D eigenvalue weighted by molar-refractivity contribution is 5.75. The fourth-order valence-electron chi connectivity index (χ4n) is 2.94. The van der Waals surface area contributed by atoms with Gasteiger partial charge >= 0.3 is 0 Å². The zero-order chi connectivity index (χ0) is 17.6. The number of nitrogens with one attached hydrogen (secondary N) is 1. The first-order valence-corrected chi connectivity index (χ1v) is 8.51. The molecule has 0 spiro atoms. The van der Waals surface area contributed by atoms with Crippen LogP contribution < -0.4 is 10.1 Å². The highest BCUT2D eigenvalue weighted by Crippen LogP contribution is 2.21. The van der Waals surface area contributed by atoms with Crippen molar-refractivity contribution < 1.29 is 9.53 Å². The number of nitrogens with zero attached hydrogens (tertiary/aromatic N) is 2. The lowest BCUT2D eigenvalue weighted by Crippen LogP contribution is -2.18. The van der Waals surface area contributed by atoms with Crippen molar-refractivity contribution in [3.05, 3.63) is 59.4 Å². The van der Waals surface area contributed by atoms with Crippen molar-refractivity contribution in [1.29, 1.82) is 0 Å². The van der Waals surface area contributed by atoms with E-state index >= 15 is 0 Å². The summed E-state index contributed by atoms with van der Waals surface area (Å²) in [6.07, 6.45) is 1.41. The van der Waals surface area contributed by atoms with Crippen LogP contribution >= 0.6 is 0 Å². The molecule has 0 fully saturated rings. The van der Waals surface area contributed by atoms with Crippen molar-refractivity contribution in [3.8, 4) is 5.75 Å². The van der Waals surface area contributed by atoms with E-state index in [9.17, 15) is 4.79 Å². The number of fused-ring (bicyclic) bond motifs is 1. The second-order valence-electron chi connectivity index (χ2n) is 6.04. The van der Waals surface area contributed by atoms with Crippen molar-refractivity contribution in [2.75, 3.05) is 13.2 Å². The number of aryl methyl sites for hydroxylation is 1. The number of benzene rings is 2. The van der Waals surface area contributed by atoms with Crippen LogP contribution in [0.1, 0.15) is 17.0 Å². The number of rotatable bonds is 8. The lowest BCUT2D eigenvalue weighted by Gasteiger charge is -2.13. The molecule has 0 aliphatic rings. The molecule has 2 aromatic carbocycles. The van der Waals surface area contributed by atoms with Crippen LogP contribution in [0.15, 0.2) is 42.5 Å². The van der Waals surface area contributed by atoms with Crippen LogP contribution in [0.3, 0.4) is 0 Å². The molecule has 1 aromatic heterocycles. The van der Waals surface area contributed by atoms with Gasteiger partial charge in [-0.2, -0.15) is 0 Å². The number of ether oxygens (including phenoxy) is 1. The second-order valence-corrected chi connectivity index (χ2v) is 6.04. The predicted octanol–water partition coefficient (Wildman–Crippen LogP) is 3.02. The number of amides is 1. The van der Waals surface area contributed by atoms with E-state index < -0.39 is 0 Å². The fourth-order valence-corrected chi connectivity index (χ4v) is 2.94. The number of imidazole rings is 1. The molecule has 0 bridgehead atoms. The van der Waals surface area contributed by atoms with Gasteiger partial charge in [-0.1, -0.05) is 24.3 Å². The molecule has 25 heavy (non-hydrogen) atoms. The molecular formula is C20H23N3O2. The Labute approximate surface area is 147 Å². The quantitative estimate of drug-likeness (QED) is 0.508. The largest absolute Gasteiger partial charge is 0.491 e. The molecule has 3 aromatic rings. The van der Waals surface area contributed by atoms with Crippen molar-refractivity contribution in [1.82, 2.24) is 14.9 Å². The molecule has 3 rings (SSSR count). The van der Waals surface area contributed by atoms with Gasteiger partial charge in [-0.15, -0.1) is 0 Å². The molecule has 1 heterocycles. The zero-order valence-corrected chi connectivity index (χ0v) is 14.7. The van der Waals surface area contributed by atoms with Gasteiger partial charge < -0.3 is 14.6 Å². The first kappa shape index (κ1) is 17.0. The third-order valence-electron chi connectivity index (χ3n) is 4.44. The maximum Gasteiger partial charge on any atom is 0.207 e. The summed E-state index contributed by atoms with van der Waals surface area (Å²) in [5.74, 6) is 1.88. The Balaban J connectivity index is 1.76. The Hall–Kier alpha value is -2.82. The predicted molar refractivity (Wildman–Crippen MR) is 98.9 cm³/mol. The van der Waals surface area contributed by atoms with E-state index in [1.807, 2.05) is 30.3 Å². The monoisotopic (exact) mass is 337 g/mol. The molecule has 0 saturated heterocycles. The fraction of sp³-hybridized carbons (Fsp3) is 0.300. The van der Waals surface area contributed by atoms with Gasteiger partial charge in [-0.05, 0) is 43.2 Å². The summed E-state index contributed by atoms with van der Waals surface area (Å²) >= 11 is 0. The van der Waals surface area contributed by atoms with Crippen LogP contribution in [0.2, 0.25) is 0 Å². The van der Waals surface area contributed by atoms with Gasteiger partial charge in [-0.3, -0.25) is 4.79 Å². The van der Waals surface area contributed by atoms with Gasteiger partial charge in [-0.25, -0.2) is 4.98 Å². The number of hydrogen-bond donors (Lipinski definition) is 1. The topological polar surface area (TPSA) is 56.1 Å². The van der Waals surface area contributed by atoms with Crippen molar-refractivity contribution in [3.63, 3.8) is 0 Å². The molecule has 0 saturated carbocycles. The normalized spacial score (nSPS) is 10.8. The summed E-state index contributed by atoms with van der Waals surface area (Å²) < 4.78 is 8.17. The molecule has 1 N–H and O–H groups in total. The molecule has 5 nitrogen and oxygen atoms in total. The Morgan fingerprint density at radius 3 is 2.84 bits per heavy atom. The SMILES string of the molecule is Cc1cccc(OCCn2c(CCNC=O)nc3ccccc32)c1C. The van der Waals surface area contributed by atoms with Gasteiger partial charge in [0.1, 0.15) is 18.2 Å². The zero-order valence-electron chi connectivity index (χ0n) is 14.7. The van der Waals surface area contributed by atoms with E-state index in [0.717, 1.165) is 29.0 Å². The van der Waals surface area contributed by atoms with E-state index in [0.29, 0.717) is 26.1 Å². The lowest BCUT2D eigenvalue weighted by atomic mass is 10.1. The number of hydrogen-bond acceptors (Lipinski definition) is 3. The number of carbonyl (C=O) groups excluding carboxylic acids is 1. The third kappa shape index (κ3) is 3.82. The minimum absolute atomic E-state index is 0.568. The smallest absolute Gasteiger partial charge is 0.207 e. The molecule has 0 atom stereocenters. The summed E-state index contributed by atoms with van der Waals surface area (Å²) in [4.78, 5) is 15.2. The summed E-state index contributed by atoms with van der Waals surface area (Å²) in [6.45, 7) is 6.02. The third-order valence-corrected chi connectivity index (χ3v) is 4.44. The van der Waals surface area contributed by atoms with Gasteiger partial charge in [0.2, 0.25) is 6.41 Å². The Morgan fingerprint density at radius 1 is 1.16 bits per heavy atom. The highest BCUT2D eigenvalue weighted by atomic mass is 16.5. The van der Waals surface area contributed by atoms with Gasteiger partial charge in [0.05, 0.1) is 17.6 Å². The first-order valence-electron chi connectivity index (χ1n) is 8.51. The lowest BCUT2D eigenvalue weighted by molar-refractivity contribution is -0.109. The Morgan fingerprint density at radius 2 is 2.00 bits per heavy atom. The maximum atomic E-state index is 10.5. The Bertz CT molecular complexity index is 871. The van der Waals surface area contributed by atoms with E-state index in [1.54, 1.807) is 0 Å². The number of aromatic nitrogens is 2. The first-order chi connectivity index (χ1) is 12.2. The van der Waals surface area contributed by atoms with Crippen molar-refractivity contribution in [2.24, 2.45) is 0 Å². The minimum atomic E-state index is 0.568. The van der Waals surface area contributed by atoms with Gasteiger partial charge in [0.15, 0.2) is 0 Å². The van der Waals surface area contributed by atoms with Gasteiger partial charge in [0, 0.05) is 13.0 Å². The maximum absolute atomic E-state index is 10.5. The van der Waals surface area contributed by atoms with Crippen LogP contribution in [0.4, 0.5) is 0 Å². The molecule has 0 aliphatic heterocycles. The summed E-state index contributed by atoms with van der Waals surface area (Å²) in [7, 11) is 0. The molecule has 0 aliphatic carbocycles. The average Bonchev–Trinajstić information content (AvgIpc) is 2.97. The van der Waals surface area contributed by atoms with E-state index in [4.69, 9.17) is 9.72 Å². The molecule has 0 unspecified atom stereocenters. The van der Waals surface area contributed by atoms with Crippen LogP contribution in [-0.4, -0.2) is 29.1 Å².